The number of hydrogen-bond donors (Lipinski definition) is 0. The van der Waals surface area contributed by atoms with Crippen LogP contribution in [0.4, 0.5) is 0 Å². The van der Waals surface area contributed by atoms with Crippen molar-refractivity contribution in [2.75, 3.05) is 0 Å². The van der Waals surface area contributed by atoms with Crippen molar-refractivity contribution >= 4 is 5.78 Å². The van der Waals surface area contributed by atoms with Crippen LogP contribution in [0.1, 0.15) is 67.2 Å². The fourth-order valence-corrected chi connectivity index (χ4v) is 3.57. The lowest BCUT2D eigenvalue weighted by Crippen LogP contribution is -2.34. The molecule has 2 rings (SSSR count). The first-order valence-corrected chi connectivity index (χ1v) is 8.11. The largest absolute Gasteiger partial charge is 0.289 e. The van der Waals surface area contributed by atoms with Gasteiger partial charge in [0.25, 0.3) is 0 Å². The maximum Gasteiger partial charge on any atom is 0.184 e. The second-order valence-corrected chi connectivity index (χ2v) is 8.15. The van der Waals surface area contributed by atoms with Gasteiger partial charge in [-0.25, -0.2) is 0 Å². The first-order valence-electron chi connectivity index (χ1n) is 8.11. The van der Waals surface area contributed by atoms with E-state index in [4.69, 9.17) is 0 Å². The van der Waals surface area contributed by atoms with Crippen molar-refractivity contribution < 1.29 is 4.79 Å². The standard InChI is InChI=1S/C19H30O/c1-13-15(9-7-11-18(13,3)4)17(20)16-10-8-12-19(5,6)14(16)2/h9-10,13-14H,7-8,11-12H2,1-6H3. The average Bonchev–Trinajstić information content (AvgIpc) is 2.35. The summed E-state index contributed by atoms with van der Waals surface area (Å²) in [6, 6.07) is 0. The third-order valence-electron chi connectivity index (χ3n) is 6.11. The van der Waals surface area contributed by atoms with Gasteiger partial charge in [-0.3, -0.25) is 4.79 Å². The lowest BCUT2D eigenvalue weighted by molar-refractivity contribution is -0.114. The van der Waals surface area contributed by atoms with Crippen molar-refractivity contribution in [1.82, 2.24) is 0 Å². The molecule has 0 fully saturated rings. The molecule has 2 atom stereocenters. The van der Waals surface area contributed by atoms with Crippen LogP contribution in [0.3, 0.4) is 0 Å². The average molecular weight is 274 g/mol. The van der Waals surface area contributed by atoms with Crippen molar-refractivity contribution in [3.63, 3.8) is 0 Å². The summed E-state index contributed by atoms with van der Waals surface area (Å²) in [5, 5.41) is 0. The van der Waals surface area contributed by atoms with E-state index in [-0.39, 0.29) is 10.8 Å². The fraction of sp³-hybridized carbons (Fsp3) is 0.737. The Hall–Kier alpha value is -0.850. The minimum atomic E-state index is 0.244. The van der Waals surface area contributed by atoms with Crippen LogP contribution in [-0.4, -0.2) is 5.78 Å². The minimum absolute atomic E-state index is 0.244. The Labute approximate surface area is 124 Å². The molecule has 0 spiro atoms. The van der Waals surface area contributed by atoms with Crippen LogP contribution >= 0.6 is 0 Å². The van der Waals surface area contributed by atoms with E-state index in [9.17, 15) is 4.79 Å². The fourth-order valence-electron chi connectivity index (χ4n) is 3.57. The van der Waals surface area contributed by atoms with Crippen LogP contribution in [0, 0.1) is 22.7 Å². The molecule has 0 aromatic carbocycles. The van der Waals surface area contributed by atoms with E-state index in [0.29, 0.717) is 17.6 Å². The van der Waals surface area contributed by atoms with Gasteiger partial charge in [0.05, 0.1) is 0 Å². The Morgan fingerprint density at radius 3 is 1.60 bits per heavy atom. The molecule has 0 aromatic heterocycles. The van der Waals surface area contributed by atoms with Crippen molar-refractivity contribution in [2.24, 2.45) is 22.7 Å². The number of Topliss-reactive ketones (excluding diaryl/α,β-unsaturated/α-hetero) is 1. The van der Waals surface area contributed by atoms with E-state index in [1.54, 1.807) is 0 Å². The molecule has 0 radical (unpaired) electrons. The predicted octanol–water partition coefficient (Wildman–Crippen LogP) is 5.32. The zero-order chi connectivity index (χ0) is 15.1. The number of allylic oxidation sites excluding steroid dienone is 4. The maximum absolute atomic E-state index is 13.0. The van der Waals surface area contributed by atoms with Crippen LogP contribution in [-0.2, 0) is 4.79 Å². The highest BCUT2D eigenvalue weighted by Crippen LogP contribution is 2.45. The van der Waals surface area contributed by atoms with Crippen LogP contribution < -0.4 is 0 Å². The summed E-state index contributed by atoms with van der Waals surface area (Å²) in [6.07, 6.45) is 8.86. The third kappa shape index (κ3) is 2.64. The molecule has 0 heterocycles. The Kier molecular flexibility index (Phi) is 4.01. The van der Waals surface area contributed by atoms with Crippen molar-refractivity contribution in [2.45, 2.75) is 67.2 Å². The molecule has 20 heavy (non-hydrogen) atoms. The normalized spacial score (nSPS) is 32.3. The zero-order valence-corrected chi connectivity index (χ0v) is 14.0. The summed E-state index contributed by atoms with van der Waals surface area (Å²) in [5.74, 6) is 1.05. The van der Waals surface area contributed by atoms with Gasteiger partial charge in [-0.15, -0.1) is 0 Å². The summed E-state index contributed by atoms with van der Waals surface area (Å²) >= 11 is 0. The van der Waals surface area contributed by atoms with Gasteiger partial charge in [0.1, 0.15) is 0 Å². The van der Waals surface area contributed by atoms with Gasteiger partial charge in [0.2, 0.25) is 0 Å². The molecule has 2 unspecified atom stereocenters. The van der Waals surface area contributed by atoms with Gasteiger partial charge in [0, 0.05) is 0 Å². The molecule has 0 amide bonds. The zero-order valence-electron chi connectivity index (χ0n) is 14.0. The minimum Gasteiger partial charge on any atom is -0.289 e. The number of carbonyl (C=O) groups is 1. The molecule has 112 valence electrons. The van der Waals surface area contributed by atoms with Gasteiger partial charge in [0.15, 0.2) is 5.78 Å². The molecule has 0 saturated heterocycles. The van der Waals surface area contributed by atoms with Crippen LogP contribution in [0.15, 0.2) is 23.3 Å². The van der Waals surface area contributed by atoms with Crippen LogP contribution in [0.5, 0.6) is 0 Å². The van der Waals surface area contributed by atoms with Gasteiger partial charge < -0.3 is 0 Å². The maximum atomic E-state index is 13.0. The molecule has 0 bridgehead atoms. The highest BCUT2D eigenvalue weighted by atomic mass is 16.1. The van der Waals surface area contributed by atoms with E-state index in [0.717, 1.165) is 24.0 Å². The second-order valence-electron chi connectivity index (χ2n) is 8.15. The topological polar surface area (TPSA) is 17.1 Å². The summed E-state index contributed by atoms with van der Waals surface area (Å²) in [4.78, 5) is 13.0. The number of rotatable bonds is 2. The molecule has 0 aliphatic heterocycles. The first kappa shape index (κ1) is 15.5. The molecular weight excluding hydrogens is 244 g/mol. The Morgan fingerprint density at radius 1 is 0.900 bits per heavy atom. The molecule has 2 aliphatic rings. The number of hydrogen-bond acceptors (Lipinski definition) is 1. The lowest BCUT2D eigenvalue weighted by Gasteiger charge is -2.40. The molecule has 0 aromatic rings. The summed E-state index contributed by atoms with van der Waals surface area (Å²) in [5.41, 5.74) is 2.62. The predicted molar refractivity (Wildman–Crippen MR) is 85.5 cm³/mol. The Morgan fingerprint density at radius 2 is 1.25 bits per heavy atom. The molecule has 2 aliphatic carbocycles. The quantitative estimate of drug-likeness (QED) is 0.666. The van der Waals surface area contributed by atoms with E-state index < -0.39 is 0 Å². The number of ketones is 1. The SMILES string of the molecule is CC1C(C(=O)C2=CCCC(C)(C)C2C)=CCCC1(C)C. The third-order valence-corrected chi connectivity index (χ3v) is 6.11. The molecule has 1 nitrogen and oxygen atoms in total. The first-order chi connectivity index (χ1) is 9.17. The van der Waals surface area contributed by atoms with Gasteiger partial charge in [-0.1, -0.05) is 53.7 Å². The van der Waals surface area contributed by atoms with Crippen molar-refractivity contribution in [3.8, 4) is 0 Å². The van der Waals surface area contributed by atoms with E-state index in [2.05, 4.69) is 53.7 Å². The Bertz CT molecular complexity index is 420. The summed E-state index contributed by atoms with van der Waals surface area (Å²) in [7, 11) is 0. The lowest BCUT2D eigenvalue weighted by atomic mass is 9.64. The van der Waals surface area contributed by atoms with Crippen LogP contribution in [0.25, 0.3) is 0 Å². The Balaban J connectivity index is 2.28. The molecule has 0 saturated carbocycles. The van der Waals surface area contributed by atoms with Gasteiger partial charge in [-0.2, -0.15) is 0 Å². The van der Waals surface area contributed by atoms with Crippen molar-refractivity contribution in [1.29, 1.82) is 0 Å². The number of carbonyl (C=O) groups excluding carboxylic acids is 1. The smallest absolute Gasteiger partial charge is 0.184 e. The van der Waals surface area contributed by atoms with Crippen molar-refractivity contribution in [3.05, 3.63) is 23.3 Å². The highest BCUT2D eigenvalue weighted by molar-refractivity contribution is 6.09. The van der Waals surface area contributed by atoms with E-state index in [1.807, 2.05) is 0 Å². The monoisotopic (exact) mass is 274 g/mol. The molecule has 0 N–H and O–H groups in total. The van der Waals surface area contributed by atoms with E-state index >= 15 is 0 Å². The highest BCUT2D eigenvalue weighted by Gasteiger charge is 2.39. The summed E-state index contributed by atoms with van der Waals surface area (Å²) in [6.45, 7) is 13.6. The second kappa shape index (κ2) is 5.16. The molecule has 1 heteroatoms. The van der Waals surface area contributed by atoms with E-state index in [1.165, 1.54) is 12.8 Å². The summed E-state index contributed by atoms with van der Waals surface area (Å²) < 4.78 is 0. The van der Waals surface area contributed by atoms with Gasteiger partial charge in [-0.05, 0) is 59.5 Å². The van der Waals surface area contributed by atoms with Gasteiger partial charge >= 0.3 is 0 Å². The van der Waals surface area contributed by atoms with Crippen LogP contribution in [0.2, 0.25) is 0 Å². The molecular formula is C19H30O.